The van der Waals surface area contributed by atoms with Crippen molar-refractivity contribution in [1.82, 2.24) is 30.5 Å². The molecule has 4 heterocycles. The summed E-state index contributed by atoms with van der Waals surface area (Å²) in [7, 11) is 0. The van der Waals surface area contributed by atoms with Gasteiger partial charge in [-0.05, 0) is 44.6 Å². The summed E-state index contributed by atoms with van der Waals surface area (Å²) in [6.45, 7) is 0. The van der Waals surface area contributed by atoms with E-state index in [1.165, 1.54) is 18.2 Å². The summed E-state index contributed by atoms with van der Waals surface area (Å²) in [4.78, 5) is 41.6. The van der Waals surface area contributed by atoms with E-state index in [1.807, 2.05) is 12.1 Å². The molecule has 0 aromatic carbocycles. The molecule has 2 aliphatic heterocycles. The van der Waals surface area contributed by atoms with Crippen LogP contribution in [-0.4, -0.2) is 44.5 Å². The SMILES string of the molecule is O=C1NC(=O)/C(=C/c2cnn3c(NC4CC4)cc(C4CC=C(C(=O)NC5CCC5)S4)nc23)N1. The largest absolute Gasteiger partial charge is 0.367 e. The summed E-state index contributed by atoms with van der Waals surface area (Å²) in [6, 6.07) is 2.16. The van der Waals surface area contributed by atoms with E-state index < -0.39 is 11.9 Å². The fourth-order valence-corrected chi connectivity index (χ4v) is 5.14. The summed E-state index contributed by atoms with van der Waals surface area (Å²) in [5.74, 6) is 0.349. The number of hydrogen-bond donors (Lipinski definition) is 4. The van der Waals surface area contributed by atoms with E-state index in [4.69, 9.17) is 4.98 Å². The van der Waals surface area contributed by atoms with Crippen LogP contribution in [-0.2, 0) is 9.59 Å². The third-order valence-electron chi connectivity index (χ3n) is 6.25. The minimum absolute atomic E-state index is 0.00219. The Labute approximate surface area is 193 Å². The number of rotatable bonds is 6. The molecule has 1 atom stereocenters. The Balaban J connectivity index is 1.30. The Morgan fingerprint density at radius 1 is 1.18 bits per heavy atom. The van der Waals surface area contributed by atoms with Crippen LogP contribution in [0.15, 0.2) is 28.9 Å². The third kappa shape index (κ3) is 3.97. The number of amides is 4. The van der Waals surface area contributed by atoms with Crippen molar-refractivity contribution in [1.29, 1.82) is 0 Å². The molecule has 2 aliphatic carbocycles. The van der Waals surface area contributed by atoms with Gasteiger partial charge in [0.25, 0.3) is 11.8 Å². The highest BCUT2D eigenvalue weighted by Crippen LogP contribution is 2.44. The Morgan fingerprint density at radius 2 is 2.03 bits per heavy atom. The van der Waals surface area contributed by atoms with E-state index in [-0.39, 0.29) is 16.9 Å². The van der Waals surface area contributed by atoms with E-state index in [9.17, 15) is 14.4 Å². The second-order valence-electron chi connectivity index (χ2n) is 8.80. The molecule has 4 N–H and O–H groups in total. The molecule has 4 aliphatic rings. The van der Waals surface area contributed by atoms with Gasteiger partial charge in [0, 0.05) is 23.7 Å². The fourth-order valence-electron chi connectivity index (χ4n) is 4.04. The summed E-state index contributed by atoms with van der Waals surface area (Å²) in [5.41, 5.74) is 2.22. The fraction of sp³-hybridized carbons (Fsp3) is 0.409. The van der Waals surface area contributed by atoms with Crippen LogP contribution in [0.1, 0.15) is 55.0 Å². The number of thioether (sulfide) groups is 1. The van der Waals surface area contributed by atoms with Gasteiger partial charge in [-0.25, -0.2) is 9.78 Å². The molecular formula is C22H23N7O3S. The van der Waals surface area contributed by atoms with Crippen molar-refractivity contribution in [2.45, 2.75) is 55.9 Å². The molecule has 10 nitrogen and oxygen atoms in total. The number of fused-ring (bicyclic) bond motifs is 1. The predicted molar refractivity (Wildman–Crippen MR) is 123 cm³/mol. The number of nitrogens with zero attached hydrogens (tertiary/aromatic N) is 3. The lowest BCUT2D eigenvalue weighted by atomic mass is 9.93. The first-order chi connectivity index (χ1) is 16.0. The molecule has 3 fully saturated rings. The number of allylic oxidation sites excluding steroid dienone is 1. The second kappa shape index (κ2) is 7.91. The molecule has 4 amide bonds. The van der Waals surface area contributed by atoms with Crippen molar-refractivity contribution in [3.8, 4) is 0 Å². The van der Waals surface area contributed by atoms with Crippen LogP contribution in [0.25, 0.3) is 11.7 Å². The quantitative estimate of drug-likeness (QED) is 0.380. The zero-order valence-corrected chi connectivity index (χ0v) is 18.6. The van der Waals surface area contributed by atoms with Gasteiger partial charge in [0.15, 0.2) is 5.65 Å². The van der Waals surface area contributed by atoms with Crippen molar-refractivity contribution in [3.05, 3.63) is 40.2 Å². The van der Waals surface area contributed by atoms with Crippen LogP contribution in [0, 0.1) is 0 Å². The molecule has 2 aromatic rings. The highest BCUT2D eigenvalue weighted by atomic mass is 32.2. The Kier molecular flexibility index (Phi) is 4.86. The number of anilines is 1. The van der Waals surface area contributed by atoms with Crippen molar-refractivity contribution in [2.24, 2.45) is 0 Å². The second-order valence-corrected chi connectivity index (χ2v) is 10.0. The standard InChI is InChI=1S/C22H23N7O3S/c30-20-15(27-22(32)28-20)8-11-10-23-29-18(24-13-4-5-13)9-14(26-19(11)29)16-6-7-17(33-16)21(31)25-12-2-1-3-12/h7-10,12-13,16,24H,1-6H2,(H,25,31)(H2,27,28,30,32)/b15-8-. The number of carbonyl (C=O) groups is 3. The summed E-state index contributed by atoms with van der Waals surface area (Å²) >= 11 is 1.53. The van der Waals surface area contributed by atoms with Crippen LogP contribution >= 0.6 is 11.8 Å². The number of hydrogen-bond acceptors (Lipinski definition) is 7. The van der Waals surface area contributed by atoms with Crippen LogP contribution in [0.3, 0.4) is 0 Å². The van der Waals surface area contributed by atoms with Gasteiger partial charge in [0.2, 0.25) is 0 Å². The first kappa shape index (κ1) is 20.3. The van der Waals surface area contributed by atoms with Gasteiger partial charge in [0.1, 0.15) is 11.5 Å². The molecule has 1 saturated heterocycles. The maximum atomic E-state index is 12.6. The lowest BCUT2D eigenvalue weighted by molar-refractivity contribution is -0.118. The van der Waals surface area contributed by atoms with Gasteiger partial charge in [-0.2, -0.15) is 9.61 Å². The van der Waals surface area contributed by atoms with Gasteiger partial charge in [-0.15, -0.1) is 11.8 Å². The molecule has 0 bridgehead atoms. The molecule has 11 heteroatoms. The summed E-state index contributed by atoms with van der Waals surface area (Å²) in [6.07, 6.45) is 11.4. The average molecular weight is 466 g/mol. The van der Waals surface area contributed by atoms with E-state index in [0.717, 1.165) is 42.1 Å². The summed E-state index contributed by atoms with van der Waals surface area (Å²) in [5, 5.41) is 15.8. The number of aromatic nitrogens is 3. The van der Waals surface area contributed by atoms with Crippen LogP contribution < -0.4 is 21.3 Å². The number of imide groups is 1. The number of urea groups is 1. The maximum Gasteiger partial charge on any atom is 0.326 e. The molecule has 1 unspecified atom stereocenters. The van der Waals surface area contributed by atoms with Gasteiger partial charge >= 0.3 is 6.03 Å². The highest BCUT2D eigenvalue weighted by molar-refractivity contribution is 8.04. The van der Waals surface area contributed by atoms with Crippen molar-refractivity contribution < 1.29 is 14.4 Å². The van der Waals surface area contributed by atoms with Crippen LogP contribution in [0.2, 0.25) is 0 Å². The number of carbonyl (C=O) groups excluding carboxylic acids is 3. The van der Waals surface area contributed by atoms with Crippen LogP contribution in [0.5, 0.6) is 0 Å². The smallest absolute Gasteiger partial charge is 0.326 e. The third-order valence-corrected chi connectivity index (χ3v) is 7.57. The van der Waals surface area contributed by atoms with E-state index in [2.05, 4.69) is 26.4 Å². The molecular weight excluding hydrogens is 442 g/mol. The average Bonchev–Trinajstić information content (AvgIpc) is 3.15. The first-order valence-corrected chi connectivity index (χ1v) is 12.1. The molecule has 33 heavy (non-hydrogen) atoms. The molecule has 6 rings (SSSR count). The Hall–Kier alpha value is -3.34. The van der Waals surface area contributed by atoms with Crippen molar-refractivity contribution >= 4 is 47.1 Å². The molecule has 0 spiro atoms. The van der Waals surface area contributed by atoms with Crippen molar-refractivity contribution in [3.63, 3.8) is 0 Å². The molecule has 0 radical (unpaired) electrons. The van der Waals surface area contributed by atoms with E-state index in [0.29, 0.717) is 29.7 Å². The summed E-state index contributed by atoms with van der Waals surface area (Å²) < 4.78 is 1.72. The molecule has 170 valence electrons. The predicted octanol–water partition coefficient (Wildman–Crippen LogP) is 2.21. The lowest BCUT2D eigenvalue weighted by Crippen LogP contribution is -2.39. The van der Waals surface area contributed by atoms with Gasteiger partial charge < -0.3 is 16.0 Å². The molecule has 2 saturated carbocycles. The minimum Gasteiger partial charge on any atom is -0.367 e. The topological polar surface area (TPSA) is 130 Å². The number of nitrogens with one attached hydrogen (secondary N) is 4. The highest BCUT2D eigenvalue weighted by Gasteiger charge is 2.30. The zero-order valence-electron chi connectivity index (χ0n) is 17.8. The zero-order chi connectivity index (χ0) is 22.5. The van der Waals surface area contributed by atoms with Gasteiger partial charge in [-0.3, -0.25) is 14.9 Å². The monoisotopic (exact) mass is 465 g/mol. The molecule has 2 aromatic heterocycles. The van der Waals surface area contributed by atoms with Crippen LogP contribution in [0.4, 0.5) is 10.6 Å². The van der Waals surface area contributed by atoms with Gasteiger partial charge in [-0.1, -0.05) is 6.08 Å². The maximum absolute atomic E-state index is 12.6. The van der Waals surface area contributed by atoms with E-state index >= 15 is 0 Å². The normalized spacial score (nSPS) is 23.9. The minimum atomic E-state index is -0.548. The Morgan fingerprint density at radius 3 is 2.73 bits per heavy atom. The van der Waals surface area contributed by atoms with Crippen molar-refractivity contribution in [2.75, 3.05) is 5.32 Å². The van der Waals surface area contributed by atoms with Gasteiger partial charge in [0.05, 0.1) is 22.0 Å². The lowest BCUT2D eigenvalue weighted by Gasteiger charge is -2.26. The Bertz CT molecular complexity index is 1240. The van der Waals surface area contributed by atoms with E-state index in [1.54, 1.807) is 16.8 Å². The first-order valence-electron chi connectivity index (χ1n) is 11.2.